The summed E-state index contributed by atoms with van der Waals surface area (Å²) in [5.74, 6) is 0.974. The van der Waals surface area contributed by atoms with Crippen molar-refractivity contribution < 1.29 is 3.89 Å². The third-order valence-electron chi connectivity index (χ3n) is 4.61. The molecule has 130 valence electrons. The maximum Gasteiger partial charge on any atom is 0.111 e. The number of hydrogen-bond acceptors (Lipinski definition) is 3. The average Bonchev–Trinajstić information content (AvgIpc) is 3.44. The van der Waals surface area contributed by atoms with Gasteiger partial charge < -0.3 is 5.73 Å². The van der Waals surface area contributed by atoms with Crippen molar-refractivity contribution in [3.8, 4) is 11.1 Å². The van der Waals surface area contributed by atoms with Gasteiger partial charge in [0.15, 0.2) is 0 Å². The van der Waals surface area contributed by atoms with E-state index in [9.17, 15) is 3.89 Å². The van der Waals surface area contributed by atoms with Crippen molar-refractivity contribution in [2.75, 3.05) is 0 Å². The molecular weight excluding hydrogens is 333 g/mol. The lowest BCUT2D eigenvalue weighted by Gasteiger charge is -2.32. The molecule has 0 spiro atoms. The van der Waals surface area contributed by atoms with E-state index in [2.05, 4.69) is 23.7 Å². The lowest BCUT2D eigenvalue weighted by Crippen LogP contribution is -2.30. The summed E-state index contributed by atoms with van der Waals surface area (Å²) in [6.07, 6.45) is 5.49. The highest BCUT2D eigenvalue weighted by molar-refractivity contribution is 7.94. The smallest absolute Gasteiger partial charge is 0.111 e. The van der Waals surface area contributed by atoms with Crippen LogP contribution in [0.3, 0.4) is 0 Å². The highest BCUT2D eigenvalue weighted by Crippen LogP contribution is 2.52. The van der Waals surface area contributed by atoms with Crippen molar-refractivity contribution >= 4 is 18.0 Å². The summed E-state index contributed by atoms with van der Waals surface area (Å²) in [5.41, 5.74) is 9.39. The van der Waals surface area contributed by atoms with Gasteiger partial charge in [0, 0.05) is 18.0 Å². The van der Waals surface area contributed by atoms with E-state index < -0.39 is 5.54 Å². The van der Waals surface area contributed by atoms with Gasteiger partial charge in [0.25, 0.3) is 0 Å². The summed E-state index contributed by atoms with van der Waals surface area (Å²) in [6.45, 7) is 8.05. The van der Waals surface area contributed by atoms with Gasteiger partial charge in [-0.3, -0.25) is 9.98 Å². The Balaban J connectivity index is 2.12. The maximum atomic E-state index is 12.9. The number of amidine groups is 1. The number of benzene rings is 1. The SMILES string of the molecule is C=C(C)[C@](N=C(C)N)(c1cccc(-c2cncc(SF)c2)c1)C1CC1. The molecule has 0 unspecified atom stereocenters. The van der Waals surface area contributed by atoms with Crippen molar-refractivity contribution in [2.24, 2.45) is 16.6 Å². The van der Waals surface area contributed by atoms with Crippen LogP contribution < -0.4 is 5.73 Å². The van der Waals surface area contributed by atoms with Crippen LogP contribution in [0.15, 0.2) is 64.8 Å². The zero-order valence-electron chi connectivity index (χ0n) is 14.5. The lowest BCUT2D eigenvalue weighted by molar-refractivity contribution is 0.460. The van der Waals surface area contributed by atoms with Crippen LogP contribution in [0.1, 0.15) is 32.3 Å². The second-order valence-electron chi connectivity index (χ2n) is 6.64. The highest BCUT2D eigenvalue weighted by Gasteiger charge is 2.47. The topological polar surface area (TPSA) is 51.3 Å². The first-order valence-corrected chi connectivity index (χ1v) is 9.01. The number of aliphatic imine (C=N–C) groups is 1. The van der Waals surface area contributed by atoms with Crippen molar-refractivity contribution in [3.05, 3.63) is 60.4 Å². The van der Waals surface area contributed by atoms with Crippen LogP contribution in [-0.4, -0.2) is 10.8 Å². The first-order chi connectivity index (χ1) is 12.0. The molecule has 1 saturated carbocycles. The zero-order valence-corrected chi connectivity index (χ0v) is 15.3. The fourth-order valence-electron chi connectivity index (χ4n) is 3.42. The Hall–Kier alpha value is -2.14. The fourth-order valence-corrected chi connectivity index (χ4v) is 3.69. The number of halogens is 1. The highest BCUT2D eigenvalue weighted by atomic mass is 32.2. The van der Waals surface area contributed by atoms with Crippen molar-refractivity contribution in [3.63, 3.8) is 0 Å². The summed E-state index contributed by atoms with van der Waals surface area (Å²) in [6, 6.07) is 9.98. The third-order valence-corrected chi connectivity index (χ3v) is 5.01. The molecule has 0 amide bonds. The van der Waals surface area contributed by atoms with Gasteiger partial charge in [0.05, 0.1) is 22.9 Å². The molecular formula is C20H22FN3S. The average molecular weight is 355 g/mol. The molecule has 1 aliphatic rings. The third kappa shape index (κ3) is 3.47. The Morgan fingerprint density at radius 3 is 2.64 bits per heavy atom. The van der Waals surface area contributed by atoms with Gasteiger partial charge in [-0.1, -0.05) is 24.8 Å². The summed E-state index contributed by atoms with van der Waals surface area (Å²) in [7, 11) is 0. The Morgan fingerprint density at radius 2 is 2.04 bits per heavy atom. The molecule has 1 fully saturated rings. The number of hydrogen-bond donors (Lipinski definition) is 1. The van der Waals surface area contributed by atoms with Crippen LogP contribution >= 0.6 is 12.1 Å². The molecule has 1 aromatic carbocycles. The predicted molar refractivity (Wildman–Crippen MR) is 103 cm³/mol. The van der Waals surface area contributed by atoms with Gasteiger partial charge in [-0.05, 0) is 61.4 Å². The van der Waals surface area contributed by atoms with Gasteiger partial charge in [0.2, 0.25) is 0 Å². The second-order valence-corrected chi connectivity index (χ2v) is 7.27. The number of pyridine rings is 1. The van der Waals surface area contributed by atoms with E-state index in [1.165, 1.54) is 6.20 Å². The van der Waals surface area contributed by atoms with Crippen LogP contribution in [0.2, 0.25) is 0 Å². The molecule has 2 N–H and O–H groups in total. The molecule has 1 aromatic heterocycles. The van der Waals surface area contributed by atoms with Gasteiger partial charge in [0.1, 0.15) is 5.54 Å². The zero-order chi connectivity index (χ0) is 18.0. The fraction of sp³-hybridized carbons (Fsp3) is 0.300. The van der Waals surface area contributed by atoms with E-state index in [1.54, 1.807) is 12.3 Å². The number of rotatable bonds is 6. The van der Waals surface area contributed by atoms with Crippen molar-refractivity contribution in [1.29, 1.82) is 0 Å². The minimum atomic E-state index is -0.491. The van der Waals surface area contributed by atoms with E-state index in [-0.39, 0.29) is 12.1 Å². The largest absolute Gasteiger partial charge is 0.388 e. The molecule has 0 radical (unpaired) electrons. The minimum Gasteiger partial charge on any atom is -0.388 e. The van der Waals surface area contributed by atoms with Crippen LogP contribution in [-0.2, 0) is 5.54 Å². The summed E-state index contributed by atoms with van der Waals surface area (Å²) in [4.78, 5) is 9.45. The summed E-state index contributed by atoms with van der Waals surface area (Å²) < 4.78 is 12.9. The first kappa shape index (κ1) is 17.7. The van der Waals surface area contributed by atoms with Crippen molar-refractivity contribution in [2.45, 2.75) is 37.1 Å². The number of nitrogens with two attached hydrogens (primary N) is 1. The van der Waals surface area contributed by atoms with E-state index >= 15 is 0 Å². The molecule has 1 atom stereocenters. The van der Waals surface area contributed by atoms with E-state index in [0.29, 0.717) is 16.6 Å². The number of nitrogens with zero attached hydrogens (tertiary/aromatic N) is 2. The Kier molecular flexibility index (Phi) is 4.95. The van der Waals surface area contributed by atoms with Crippen LogP contribution in [0, 0.1) is 5.92 Å². The van der Waals surface area contributed by atoms with Gasteiger partial charge in [-0.2, -0.15) is 3.89 Å². The molecule has 25 heavy (non-hydrogen) atoms. The molecule has 1 heterocycles. The Bertz CT molecular complexity index is 825. The normalized spacial score (nSPS) is 17.2. The lowest BCUT2D eigenvalue weighted by atomic mass is 9.79. The molecule has 3 rings (SSSR count). The summed E-state index contributed by atoms with van der Waals surface area (Å²) >= 11 is 0.201. The van der Waals surface area contributed by atoms with E-state index in [4.69, 9.17) is 10.7 Å². The molecule has 1 aliphatic carbocycles. The Morgan fingerprint density at radius 1 is 1.28 bits per heavy atom. The standard InChI is InChI=1S/C20H22FN3S/c1-13(2)20(17-7-8-17,24-14(3)22)18-6-4-5-15(9-18)16-10-19(25-21)12-23-11-16/h4-6,9-12,17H,1,7-8H2,2-3H3,(H2,22,24)/t20-/m1/s1. The first-order valence-electron chi connectivity index (χ1n) is 8.30. The van der Waals surface area contributed by atoms with Gasteiger partial charge >= 0.3 is 0 Å². The maximum absolute atomic E-state index is 12.9. The monoisotopic (exact) mass is 355 g/mol. The second kappa shape index (κ2) is 7.00. The molecule has 3 nitrogen and oxygen atoms in total. The number of aromatic nitrogens is 1. The predicted octanol–water partition coefficient (Wildman–Crippen LogP) is 5.28. The minimum absolute atomic E-state index is 0.201. The van der Waals surface area contributed by atoms with Crippen LogP contribution in [0.25, 0.3) is 11.1 Å². The van der Waals surface area contributed by atoms with Gasteiger partial charge in [-0.25, -0.2) is 0 Å². The molecule has 0 bridgehead atoms. The quantitative estimate of drug-likeness (QED) is 0.435. The van der Waals surface area contributed by atoms with E-state index in [0.717, 1.165) is 35.1 Å². The van der Waals surface area contributed by atoms with Crippen LogP contribution in [0.4, 0.5) is 3.89 Å². The molecule has 5 heteroatoms. The van der Waals surface area contributed by atoms with Crippen LogP contribution in [0.5, 0.6) is 0 Å². The van der Waals surface area contributed by atoms with E-state index in [1.807, 2.05) is 26.0 Å². The molecule has 0 aliphatic heterocycles. The van der Waals surface area contributed by atoms with Crippen molar-refractivity contribution in [1.82, 2.24) is 4.98 Å². The summed E-state index contributed by atoms with van der Waals surface area (Å²) in [5, 5.41) is 0. The Labute approximate surface area is 152 Å². The molecule has 0 saturated heterocycles. The molecule has 2 aromatic rings. The van der Waals surface area contributed by atoms with Gasteiger partial charge in [-0.15, -0.1) is 0 Å².